The molecule has 1 fully saturated rings. The third-order valence-electron chi connectivity index (χ3n) is 5.32. The molecular weight excluding hydrogens is 310 g/mol. The van der Waals surface area contributed by atoms with Crippen molar-refractivity contribution in [1.29, 1.82) is 0 Å². The maximum absolute atomic E-state index is 13.1. The molecular formula is C22H25NO2. The van der Waals surface area contributed by atoms with Gasteiger partial charge in [-0.25, -0.2) is 0 Å². The maximum Gasteiger partial charge on any atom is 0.202 e. The molecule has 0 bridgehead atoms. The topological polar surface area (TPSA) is 42.2 Å². The highest BCUT2D eigenvalue weighted by Gasteiger charge is 2.16. The predicted octanol–water partition coefficient (Wildman–Crippen LogP) is 5.78. The zero-order valence-electron chi connectivity index (χ0n) is 14.8. The van der Waals surface area contributed by atoms with Gasteiger partial charge in [-0.05, 0) is 49.6 Å². The minimum absolute atomic E-state index is 0.0604. The molecule has 0 unspecified atom stereocenters. The van der Waals surface area contributed by atoms with Gasteiger partial charge in [0.2, 0.25) is 5.43 Å². The lowest BCUT2D eigenvalue weighted by atomic mass is 9.96. The van der Waals surface area contributed by atoms with Crippen molar-refractivity contribution in [2.45, 2.75) is 57.9 Å². The molecule has 0 saturated heterocycles. The number of nitrogens with one attached hydrogen (secondary N) is 1. The van der Waals surface area contributed by atoms with Crippen LogP contribution in [0.5, 0.6) is 0 Å². The second kappa shape index (κ2) is 6.91. The number of benzene rings is 2. The van der Waals surface area contributed by atoms with Crippen LogP contribution in [0.3, 0.4) is 0 Å². The first-order valence-electron chi connectivity index (χ1n) is 9.45. The van der Waals surface area contributed by atoms with Crippen molar-refractivity contribution in [2.24, 2.45) is 0 Å². The molecule has 1 heterocycles. The van der Waals surface area contributed by atoms with Gasteiger partial charge in [0.25, 0.3) is 0 Å². The molecule has 1 saturated carbocycles. The summed E-state index contributed by atoms with van der Waals surface area (Å²) < 4.78 is 6.04. The summed E-state index contributed by atoms with van der Waals surface area (Å²) in [5, 5.41) is 4.99. The zero-order chi connectivity index (χ0) is 17.2. The van der Waals surface area contributed by atoms with Crippen LogP contribution in [0, 0.1) is 6.92 Å². The van der Waals surface area contributed by atoms with Crippen molar-refractivity contribution >= 4 is 27.6 Å². The molecule has 1 aromatic heterocycles. The van der Waals surface area contributed by atoms with Crippen molar-refractivity contribution in [2.75, 3.05) is 5.32 Å². The third kappa shape index (κ3) is 3.28. The molecule has 1 aliphatic rings. The molecule has 1 aliphatic carbocycles. The van der Waals surface area contributed by atoms with Crippen LogP contribution in [0.25, 0.3) is 21.9 Å². The van der Waals surface area contributed by atoms with Crippen LogP contribution in [-0.2, 0) is 0 Å². The first kappa shape index (κ1) is 16.2. The fourth-order valence-electron chi connectivity index (χ4n) is 3.95. The Morgan fingerprint density at radius 2 is 1.72 bits per heavy atom. The van der Waals surface area contributed by atoms with E-state index in [-0.39, 0.29) is 5.43 Å². The van der Waals surface area contributed by atoms with Crippen LogP contribution in [-0.4, -0.2) is 6.04 Å². The molecule has 3 heteroatoms. The number of hydrogen-bond acceptors (Lipinski definition) is 3. The highest BCUT2D eigenvalue weighted by atomic mass is 16.3. The summed E-state index contributed by atoms with van der Waals surface area (Å²) in [4.78, 5) is 13.1. The van der Waals surface area contributed by atoms with E-state index in [0.717, 1.165) is 11.3 Å². The lowest BCUT2D eigenvalue weighted by Gasteiger charge is -2.22. The quantitative estimate of drug-likeness (QED) is 0.604. The Hall–Kier alpha value is -2.29. The minimum atomic E-state index is 0.0604. The molecule has 0 atom stereocenters. The van der Waals surface area contributed by atoms with Gasteiger partial charge in [-0.15, -0.1) is 0 Å². The lowest BCUT2D eigenvalue weighted by Crippen LogP contribution is -2.21. The number of rotatable bonds is 2. The Bertz CT molecular complexity index is 949. The maximum atomic E-state index is 13.1. The van der Waals surface area contributed by atoms with Crippen LogP contribution < -0.4 is 10.7 Å². The van der Waals surface area contributed by atoms with E-state index in [2.05, 4.69) is 5.32 Å². The van der Waals surface area contributed by atoms with Gasteiger partial charge >= 0.3 is 0 Å². The molecule has 3 nitrogen and oxygen atoms in total. The van der Waals surface area contributed by atoms with E-state index in [1.165, 1.54) is 44.9 Å². The fraction of sp³-hybridized carbons (Fsp3) is 0.409. The van der Waals surface area contributed by atoms with Gasteiger partial charge in [-0.1, -0.05) is 44.2 Å². The average molecular weight is 335 g/mol. The fourth-order valence-corrected chi connectivity index (χ4v) is 3.95. The SMILES string of the molecule is Cc1ccc2c(=O)c3c(NC4CCCCCCC4)cccc3oc2c1. The zero-order valence-corrected chi connectivity index (χ0v) is 14.8. The summed E-state index contributed by atoms with van der Waals surface area (Å²) >= 11 is 0. The van der Waals surface area contributed by atoms with E-state index in [4.69, 9.17) is 4.42 Å². The van der Waals surface area contributed by atoms with Crippen molar-refractivity contribution < 1.29 is 4.42 Å². The molecule has 1 N–H and O–H groups in total. The molecule has 130 valence electrons. The van der Waals surface area contributed by atoms with Gasteiger partial charge in [-0.3, -0.25) is 4.79 Å². The van der Waals surface area contributed by atoms with Gasteiger partial charge < -0.3 is 9.73 Å². The first-order valence-corrected chi connectivity index (χ1v) is 9.45. The molecule has 2 aromatic carbocycles. The summed E-state index contributed by atoms with van der Waals surface area (Å²) in [6.45, 7) is 2.01. The molecule has 0 aliphatic heterocycles. The van der Waals surface area contributed by atoms with E-state index in [0.29, 0.717) is 28.0 Å². The molecule has 0 spiro atoms. The Balaban J connectivity index is 1.78. The van der Waals surface area contributed by atoms with Crippen molar-refractivity contribution in [3.63, 3.8) is 0 Å². The molecule has 3 aromatic rings. The van der Waals surface area contributed by atoms with E-state index in [1.54, 1.807) is 0 Å². The van der Waals surface area contributed by atoms with Crippen LogP contribution in [0.4, 0.5) is 5.69 Å². The van der Waals surface area contributed by atoms with Crippen LogP contribution in [0.1, 0.15) is 50.5 Å². The Morgan fingerprint density at radius 1 is 0.960 bits per heavy atom. The minimum Gasteiger partial charge on any atom is -0.456 e. The van der Waals surface area contributed by atoms with Crippen molar-refractivity contribution in [3.8, 4) is 0 Å². The number of anilines is 1. The Morgan fingerprint density at radius 3 is 2.52 bits per heavy atom. The lowest BCUT2D eigenvalue weighted by molar-refractivity contribution is 0.471. The average Bonchev–Trinajstić information content (AvgIpc) is 2.57. The van der Waals surface area contributed by atoms with E-state index in [1.807, 2.05) is 43.3 Å². The number of aryl methyl sites for hydroxylation is 1. The summed E-state index contributed by atoms with van der Waals surface area (Å²) in [6, 6.07) is 12.1. The van der Waals surface area contributed by atoms with Crippen LogP contribution >= 0.6 is 0 Å². The van der Waals surface area contributed by atoms with Crippen LogP contribution in [0.2, 0.25) is 0 Å². The Kier molecular flexibility index (Phi) is 4.48. The highest BCUT2D eigenvalue weighted by molar-refractivity contribution is 5.97. The van der Waals surface area contributed by atoms with Crippen molar-refractivity contribution in [1.82, 2.24) is 0 Å². The molecule has 25 heavy (non-hydrogen) atoms. The van der Waals surface area contributed by atoms with Gasteiger partial charge in [0.15, 0.2) is 0 Å². The van der Waals surface area contributed by atoms with Crippen molar-refractivity contribution in [3.05, 3.63) is 52.2 Å². The smallest absolute Gasteiger partial charge is 0.202 e. The summed E-state index contributed by atoms with van der Waals surface area (Å²) in [5.74, 6) is 0. The van der Waals surface area contributed by atoms with E-state index < -0.39 is 0 Å². The molecule has 4 rings (SSSR count). The monoisotopic (exact) mass is 335 g/mol. The molecule has 0 amide bonds. The summed E-state index contributed by atoms with van der Waals surface area (Å²) in [7, 11) is 0. The van der Waals surface area contributed by atoms with Gasteiger partial charge in [0, 0.05) is 11.7 Å². The van der Waals surface area contributed by atoms with Gasteiger partial charge in [-0.2, -0.15) is 0 Å². The second-order valence-electron chi connectivity index (χ2n) is 7.30. The van der Waals surface area contributed by atoms with Crippen LogP contribution in [0.15, 0.2) is 45.6 Å². The summed E-state index contributed by atoms with van der Waals surface area (Å²) in [5.41, 5.74) is 3.41. The number of hydrogen-bond donors (Lipinski definition) is 1. The van der Waals surface area contributed by atoms with Gasteiger partial charge in [0.05, 0.1) is 10.8 Å². The molecule has 0 radical (unpaired) electrons. The Labute approximate surface area is 148 Å². The normalized spacial score (nSPS) is 16.7. The largest absolute Gasteiger partial charge is 0.456 e. The standard InChI is InChI=1S/C22H25NO2/c1-15-12-13-17-20(14-15)25-19-11-7-10-18(21(19)22(17)24)23-16-8-5-3-2-4-6-9-16/h7,10-14,16,23H,2-6,8-9H2,1H3. The second-order valence-corrected chi connectivity index (χ2v) is 7.30. The first-order chi connectivity index (χ1) is 12.2. The number of fused-ring (bicyclic) bond motifs is 2. The third-order valence-corrected chi connectivity index (χ3v) is 5.32. The summed E-state index contributed by atoms with van der Waals surface area (Å²) in [6.07, 6.45) is 8.87. The van der Waals surface area contributed by atoms with Gasteiger partial charge in [0.1, 0.15) is 11.2 Å². The predicted molar refractivity (Wildman–Crippen MR) is 104 cm³/mol. The van der Waals surface area contributed by atoms with E-state index >= 15 is 0 Å². The van der Waals surface area contributed by atoms with E-state index in [9.17, 15) is 4.79 Å². The highest BCUT2D eigenvalue weighted by Crippen LogP contribution is 2.27.